The molecule has 0 bridgehead atoms. The molecule has 1 aliphatic heterocycles. The van der Waals surface area contributed by atoms with E-state index in [1.807, 2.05) is 12.1 Å². The molecule has 15 heavy (non-hydrogen) atoms. The van der Waals surface area contributed by atoms with Crippen molar-refractivity contribution in [1.82, 2.24) is 5.32 Å². The van der Waals surface area contributed by atoms with Gasteiger partial charge in [0.25, 0.3) is 0 Å². The Kier molecular flexibility index (Phi) is 4.15. The van der Waals surface area contributed by atoms with Gasteiger partial charge in [0.2, 0.25) is 0 Å². The summed E-state index contributed by atoms with van der Waals surface area (Å²) in [6.45, 7) is 3.39. The summed E-state index contributed by atoms with van der Waals surface area (Å²) in [7, 11) is 0. The fraction of sp³-hybridized carbons (Fsp3) is 0.667. The largest absolute Gasteiger partial charge is 0.469 e. The van der Waals surface area contributed by atoms with Gasteiger partial charge in [-0.2, -0.15) is 11.8 Å². The Labute approximate surface area is 95.8 Å². The molecule has 1 aromatic rings. The van der Waals surface area contributed by atoms with Crippen LogP contribution in [0.15, 0.2) is 22.8 Å². The topological polar surface area (TPSA) is 25.2 Å². The van der Waals surface area contributed by atoms with Crippen molar-refractivity contribution in [3.8, 4) is 0 Å². The molecule has 1 aromatic heterocycles. The predicted molar refractivity (Wildman–Crippen MR) is 65.3 cm³/mol. The molecular formula is C12H19NOS. The van der Waals surface area contributed by atoms with Gasteiger partial charge in [-0.3, -0.25) is 0 Å². The molecule has 0 amide bonds. The Morgan fingerprint density at radius 3 is 3.27 bits per heavy atom. The van der Waals surface area contributed by atoms with Gasteiger partial charge in [0.1, 0.15) is 5.76 Å². The summed E-state index contributed by atoms with van der Waals surface area (Å²) in [6, 6.07) is 4.51. The Bertz CT molecular complexity index is 267. The van der Waals surface area contributed by atoms with Gasteiger partial charge in [0.05, 0.1) is 6.26 Å². The first-order chi connectivity index (χ1) is 7.34. The minimum atomic E-state index is 0.516. The molecule has 3 heteroatoms. The summed E-state index contributed by atoms with van der Waals surface area (Å²) >= 11 is 2.08. The number of rotatable bonds is 5. The highest BCUT2D eigenvalue weighted by Gasteiger charge is 2.16. The molecule has 0 saturated carbocycles. The first-order valence-electron chi connectivity index (χ1n) is 5.68. The number of thioether (sulfide) groups is 1. The summed E-state index contributed by atoms with van der Waals surface area (Å²) in [5, 5.41) is 3.59. The average Bonchev–Trinajstić information content (AvgIpc) is 2.86. The van der Waals surface area contributed by atoms with Gasteiger partial charge < -0.3 is 9.73 Å². The van der Waals surface area contributed by atoms with E-state index in [1.54, 1.807) is 6.26 Å². The number of nitrogens with one attached hydrogen (secondary N) is 1. The zero-order valence-electron chi connectivity index (χ0n) is 9.24. The Hall–Kier alpha value is -0.410. The monoisotopic (exact) mass is 225 g/mol. The third-order valence-corrected chi connectivity index (χ3v) is 4.10. The number of hydrogen-bond donors (Lipinski definition) is 1. The van der Waals surface area contributed by atoms with E-state index < -0.39 is 0 Å². The molecule has 1 aliphatic rings. The van der Waals surface area contributed by atoms with Crippen LogP contribution >= 0.6 is 11.8 Å². The number of hydrogen-bond acceptors (Lipinski definition) is 3. The summed E-state index contributed by atoms with van der Waals surface area (Å²) in [5.74, 6) is 4.64. The second-order valence-corrected chi connectivity index (χ2v) is 5.47. The highest BCUT2D eigenvalue weighted by Crippen LogP contribution is 2.22. The van der Waals surface area contributed by atoms with E-state index in [0.29, 0.717) is 6.04 Å². The van der Waals surface area contributed by atoms with Crippen LogP contribution in [0.3, 0.4) is 0 Å². The van der Waals surface area contributed by atoms with Gasteiger partial charge in [0, 0.05) is 12.5 Å². The van der Waals surface area contributed by atoms with Crippen LogP contribution in [0.4, 0.5) is 0 Å². The molecule has 1 N–H and O–H groups in total. The van der Waals surface area contributed by atoms with Crippen LogP contribution in [0.1, 0.15) is 19.1 Å². The molecule has 2 atom stereocenters. The molecule has 0 aliphatic carbocycles. The van der Waals surface area contributed by atoms with Crippen LogP contribution in [0.5, 0.6) is 0 Å². The lowest BCUT2D eigenvalue weighted by atomic mass is 10.1. The van der Waals surface area contributed by atoms with Crippen LogP contribution in [0.25, 0.3) is 0 Å². The first-order valence-corrected chi connectivity index (χ1v) is 6.83. The second-order valence-electron chi connectivity index (χ2n) is 4.32. The van der Waals surface area contributed by atoms with Gasteiger partial charge in [-0.05, 0) is 49.4 Å². The van der Waals surface area contributed by atoms with E-state index in [9.17, 15) is 0 Å². The third-order valence-electron chi connectivity index (χ3n) is 2.87. The van der Waals surface area contributed by atoms with Crippen molar-refractivity contribution in [2.75, 3.05) is 18.1 Å². The van der Waals surface area contributed by atoms with Crippen LogP contribution in [-0.2, 0) is 6.42 Å². The summed E-state index contributed by atoms with van der Waals surface area (Å²) in [5.41, 5.74) is 0. The number of furan rings is 1. The maximum Gasteiger partial charge on any atom is 0.105 e. The van der Waals surface area contributed by atoms with E-state index in [2.05, 4.69) is 24.0 Å². The van der Waals surface area contributed by atoms with Gasteiger partial charge in [-0.15, -0.1) is 0 Å². The van der Waals surface area contributed by atoms with Crippen LogP contribution < -0.4 is 5.32 Å². The van der Waals surface area contributed by atoms with E-state index >= 15 is 0 Å². The minimum Gasteiger partial charge on any atom is -0.469 e. The van der Waals surface area contributed by atoms with Crippen molar-refractivity contribution in [1.29, 1.82) is 0 Å². The van der Waals surface area contributed by atoms with Gasteiger partial charge >= 0.3 is 0 Å². The Balaban J connectivity index is 1.66. The van der Waals surface area contributed by atoms with Crippen molar-refractivity contribution >= 4 is 11.8 Å². The highest BCUT2D eigenvalue weighted by atomic mass is 32.2. The molecule has 0 radical (unpaired) electrons. The van der Waals surface area contributed by atoms with Crippen LogP contribution in [-0.4, -0.2) is 24.1 Å². The van der Waals surface area contributed by atoms with E-state index in [1.165, 1.54) is 17.9 Å². The third kappa shape index (κ3) is 3.58. The lowest BCUT2D eigenvalue weighted by Gasteiger charge is -2.15. The SMILES string of the molecule is CC(Cc1ccco1)NCC1CCSC1. The van der Waals surface area contributed by atoms with Crippen molar-refractivity contribution in [2.24, 2.45) is 5.92 Å². The fourth-order valence-corrected chi connectivity index (χ4v) is 3.20. The highest BCUT2D eigenvalue weighted by molar-refractivity contribution is 7.99. The molecule has 2 nitrogen and oxygen atoms in total. The summed E-state index contributed by atoms with van der Waals surface area (Å²) < 4.78 is 5.33. The van der Waals surface area contributed by atoms with Crippen molar-refractivity contribution in [3.05, 3.63) is 24.2 Å². The maximum absolute atomic E-state index is 5.33. The fourth-order valence-electron chi connectivity index (χ4n) is 1.91. The van der Waals surface area contributed by atoms with Crippen LogP contribution in [0.2, 0.25) is 0 Å². The average molecular weight is 225 g/mol. The smallest absolute Gasteiger partial charge is 0.105 e. The predicted octanol–water partition coefficient (Wildman–Crippen LogP) is 2.55. The van der Waals surface area contributed by atoms with Crippen molar-refractivity contribution in [3.63, 3.8) is 0 Å². The zero-order valence-corrected chi connectivity index (χ0v) is 10.1. The molecule has 2 rings (SSSR count). The van der Waals surface area contributed by atoms with E-state index in [0.717, 1.165) is 24.6 Å². The maximum atomic E-state index is 5.33. The molecule has 0 aromatic carbocycles. The molecule has 1 fully saturated rings. The van der Waals surface area contributed by atoms with Crippen molar-refractivity contribution < 1.29 is 4.42 Å². The normalized spacial score (nSPS) is 23.1. The quantitative estimate of drug-likeness (QED) is 0.833. The lowest BCUT2D eigenvalue weighted by molar-refractivity contribution is 0.429. The van der Waals surface area contributed by atoms with Crippen LogP contribution in [0, 0.1) is 5.92 Å². The molecule has 0 spiro atoms. The van der Waals surface area contributed by atoms with E-state index in [-0.39, 0.29) is 0 Å². The summed E-state index contributed by atoms with van der Waals surface area (Å²) in [4.78, 5) is 0. The van der Waals surface area contributed by atoms with Gasteiger partial charge in [-0.1, -0.05) is 0 Å². The molecule has 84 valence electrons. The molecule has 1 saturated heterocycles. The van der Waals surface area contributed by atoms with E-state index in [4.69, 9.17) is 4.42 Å². The molecule has 2 unspecified atom stereocenters. The molecular weight excluding hydrogens is 206 g/mol. The standard InChI is InChI=1S/C12H19NOS/c1-10(7-12-3-2-5-14-12)13-8-11-4-6-15-9-11/h2-3,5,10-11,13H,4,6-9H2,1H3. The van der Waals surface area contributed by atoms with Crippen molar-refractivity contribution in [2.45, 2.75) is 25.8 Å². The Morgan fingerprint density at radius 1 is 1.67 bits per heavy atom. The minimum absolute atomic E-state index is 0.516. The molecule has 2 heterocycles. The Morgan fingerprint density at radius 2 is 2.60 bits per heavy atom. The summed E-state index contributed by atoms with van der Waals surface area (Å²) in [6.07, 6.45) is 4.12. The lowest BCUT2D eigenvalue weighted by Crippen LogP contribution is -2.32. The zero-order chi connectivity index (χ0) is 10.5. The second kappa shape index (κ2) is 5.61. The van der Waals surface area contributed by atoms with Gasteiger partial charge in [-0.25, -0.2) is 0 Å². The van der Waals surface area contributed by atoms with Gasteiger partial charge in [0.15, 0.2) is 0 Å². The first kappa shape index (κ1) is 11.1.